The first-order chi connectivity index (χ1) is 6.85. The normalized spacial score (nSPS) is 23.0. The van der Waals surface area contributed by atoms with E-state index in [1.54, 1.807) is 7.11 Å². The molecular weight excluding hydrogens is 194 g/mol. The molecule has 0 aromatic heterocycles. The summed E-state index contributed by atoms with van der Waals surface area (Å²) in [5, 5.41) is 3.38. The van der Waals surface area contributed by atoms with Gasteiger partial charge in [0.1, 0.15) is 0 Å². The van der Waals surface area contributed by atoms with Crippen molar-refractivity contribution < 1.29 is 14.2 Å². The molecule has 1 N–H and O–H groups in total. The molecule has 1 heterocycles. The fraction of sp³-hybridized carbons (Fsp3) is 1.00. The number of rotatable bonds is 4. The van der Waals surface area contributed by atoms with Gasteiger partial charge in [-0.1, -0.05) is 0 Å². The molecule has 0 spiro atoms. The summed E-state index contributed by atoms with van der Waals surface area (Å²) in [5.74, 6) is -0.436. The Morgan fingerprint density at radius 2 is 1.87 bits per heavy atom. The van der Waals surface area contributed by atoms with Crippen LogP contribution in [0.3, 0.4) is 0 Å². The molecule has 1 aliphatic heterocycles. The minimum Gasteiger partial charge on any atom is -0.377 e. The zero-order valence-corrected chi connectivity index (χ0v) is 10.4. The van der Waals surface area contributed by atoms with Crippen molar-refractivity contribution >= 4 is 0 Å². The summed E-state index contributed by atoms with van der Waals surface area (Å²) in [5.41, 5.74) is -0.146. The summed E-state index contributed by atoms with van der Waals surface area (Å²) in [7, 11) is 1.72. The van der Waals surface area contributed by atoms with Crippen LogP contribution in [-0.2, 0) is 14.2 Å². The van der Waals surface area contributed by atoms with Crippen LogP contribution < -0.4 is 5.32 Å². The van der Waals surface area contributed by atoms with E-state index in [1.165, 1.54) is 0 Å². The lowest BCUT2D eigenvalue weighted by atomic mass is 10.1. The van der Waals surface area contributed by atoms with Crippen molar-refractivity contribution in [1.29, 1.82) is 0 Å². The van der Waals surface area contributed by atoms with E-state index in [2.05, 4.69) is 19.2 Å². The second-order valence-corrected chi connectivity index (χ2v) is 5.06. The Bertz CT molecular complexity index is 194. The zero-order chi connectivity index (χ0) is 11.5. The van der Waals surface area contributed by atoms with Crippen LogP contribution in [0.2, 0.25) is 0 Å². The highest BCUT2D eigenvalue weighted by Gasteiger charge is 2.29. The predicted molar refractivity (Wildman–Crippen MR) is 58.9 cm³/mol. The molecule has 1 aliphatic rings. The molecule has 0 bridgehead atoms. The van der Waals surface area contributed by atoms with Gasteiger partial charge in [-0.2, -0.15) is 0 Å². The summed E-state index contributed by atoms with van der Waals surface area (Å²) in [6, 6.07) is 0.257. The molecule has 1 rings (SSSR count). The Morgan fingerprint density at radius 3 is 2.33 bits per heavy atom. The molecular formula is C11H23NO3. The maximum Gasteiger partial charge on any atom is 0.162 e. The number of nitrogens with one attached hydrogen (secondary N) is 1. The molecule has 0 atom stereocenters. The zero-order valence-electron chi connectivity index (χ0n) is 10.4. The molecule has 0 unspecified atom stereocenters. The fourth-order valence-electron chi connectivity index (χ4n) is 1.27. The van der Waals surface area contributed by atoms with E-state index in [4.69, 9.17) is 14.2 Å². The second-order valence-electron chi connectivity index (χ2n) is 5.06. The van der Waals surface area contributed by atoms with Gasteiger partial charge in [-0.3, -0.25) is 0 Å². The highest BCUT2D eigenvalue weighted by molar-refractivity contribution is 4.78. The molecule has 1 fully saturated rings. The van der Waals surface area contributed by atoms with Gasteiger partial charge < -0.3 is 19.5 Å². The average molecular weight is 217 g/mol. The minimum absolute atomic E-state index is 0.146. The summed E-state index contributed by atoms with van der Waals surface area (Å²) < 4.78 is 16.4. The van der Waals surface area contributed by atoms with Crippen LogP contribution in [0.25, 0.3) is 0 Å². The van der Waals surface area contributed by atoms with Crippen molar-refractivity contribution in [2.45, 2.75) is 45.1 Å². The van der Waals surface area contributed by atoms with Crippen molar-refractivity contribution in [3.63, 3.8) is 0 Å². The van der Waals surface area contributed by atoms with Gasteiger partial charge in [0.05, 0.1) is 24.9 Å². The van der Waals surface area contributed by atoms with Gasteiger partial charge in [0, 0.05) is 13.7 Å². The van der Waals surface area contributed by atoms with Gasteiger partial charge in [0.2, 0.25) is 0 Å². The van der Waals surface area contributed by atoms with E-state index in [9.17, 15) is 0 Å². The van der Waals surface area contributed by atoms with Gasteiger partial charge in [0.15, 0.2) is 5.79 Å². The molecule has 4 nitrogen and oxygen atoms in total. The van der Waals surface area contributed by atoms with E-state index >= 15 is 0 Å². The molecule has 1 saturated heterocycles. The monoisotopic (exact) mass is 217 g/mol. The molecule has 4 heteroatoms. The van der Waals surface area contributed by atoms with E-state index < -0.39 is 5.79 Å². The molecule has 0 radical (unpaired) electrons. The van der Waals surface area contributed by atoms with Gasteiger partial charge in [-0.15, -0.1) is 0 Å². The molecule has 0 saturated carbocycles. The van der Waals surface area contributed by atoms with Gasteiger partial charge in [-0.05, 0) is 27.7 Å². The fourth-order valence-corrected chi connectivity index (χ4v) is 1.27. The van der Waals surface area contributed by atoms with E-state index in [0.717, 1.165) is 6.54 Å². The second kappa shape index (κ2) is 4.78. The molecule has 90 valence electrons. The molecule has 0 amide bonds. The highest BCUT2D eigenvalue weighted by Crippen LogP contribution is 2.17. The number of hydrogen-bond acceptors (Lipinski definition) is 4. The summed E-state index contributed by atoms with van der Waals surface area (Å²) in [4.78, 5) is 0. The van der Waals surface area contributed by atoms with Crippen molar-refractivity contribution in [2.24, 2.45) is 0 Å². The van der Waals surface area contributed by atoms with Crippen LogP contribution in [-0.4, -0.2) is 44.3 Å². The maximum atomic E-state index is 5.55. The smallest absolute Gasteiger partial charge is 0.162 e. The Kier molecular flexibility index (Phi) is 4.12. The minimum atomic E-state index is -0.436. The Hall–Kier alpha value is -0.160. The van der Waals surface area contributed by atoms with E-state index in [0.29, 0.717) is 13.2 Å². The largest absolute Gasteiger partial charge is 0.377 e. The predicted octanol–water partition coefficient (Wildman–Crippen LogP) is 1.15. The summed E-state index contributed by atoms with van der Waals surface area (Å²) >= 11 is 0. The third-order valence-corrected chi connectivity index (χ3v) is 2.63. The molecule has 15 heavy (non-hydrogen) atoms. The SMILES string of the molecule is COC(C)(C)CNC1COC(C)(C)OC1. The van der Waals surface area contributed by atoms with Crippen LogP contribution >= 0.6 is 0 Å². The lowest BCUT2D eigenvalue weighted by Gasteiger charge is -2.36. The molecule has 0 aromatic carbocycles. The van der Waals surface area contributed by atoms with Crippen molar-refractivity contribution in [3.05, 3.63) is 0 Å². The Morgan fingerprint density at radius 1 is 1.33 bits per heavy atom. The standard InChI is InChI=1S/C11H23NO3/c1-10(2,13-5)8-12-9-6-14-11(3,4)15-7-9/h9,12H,6-8H2,1-5H3. The first-order valence-electron chi connectivity index (χ1n) is 5.41. The Balaban J connectivity index is 2.25. The number of methoxy groups -OCH3 is 1. The number of ether oxygens (including phenoxy) is 3. The average Bonchev–Trinajstić information content (AvgIpc) is 2.16. The van der Waals surface area contributed by atoms with Gasteiger partial charge in [-0.25, -0.2) is 0 Å². The van der Waals surface area contributed by atoms with Gasteiger partial charge in [0.25, 0.3) is 0 Å². The maximum absolute atomic E-state index is 5.55. The first-order valence-corrected chi connectivity index (χ1v) is 5.41. The van der Waals surface area contributed by atoms with Crippen LogP contribution in [0.5, 0.6) is 0 Å². The van der Waals surface area contributed by atoms with Crippen LogP contribution in [0.1, 0.15) is 27.7 Å². The van der Waals surface area contributed by atoms with Crippen molar-refractivity contribution in [2.75, 3.05) is 26.9 Å². The summed E-state index contributed by atoms with van der Waals surface area (Å²) in [6.07, 6.45) is 0. The van der Waals surface area contributed by atoms with Gasteiger partial charge >= 0.3 is 0 Å². The van der Waals surface area contributed by atoms with Crippen LogP contribution in [0, 0.1) is 0 Å². The molecule has 0 aromatic rings. The van der Waals surface area contributed by atoms with Crippen LogP contribution in [0.4, 0.5) is 0 Å². The lowest BCUT2D eigenvalue weighted by Crippen LogP contribution is -2.51. The first kappa shape index (κ1) is 12.9. The van der Waals surface area contributed by atoms with Crippen LogP contribution in [0.15, 0.2) is 0 Å². The third-order valence-electron chi connectivity index (χ3n) is 2.63. The Labute approximate surface area is 92.3 Å². The molecule has 0 aliphatic carbocycles. The van der Waals surface area contributed by atoms with Crippen molar-refractivity contribution in [1.82, 2.24) is 5.32 Å². The number of hydrogen-bond donors (Lipinski definition) is 1. The third kappa shape index (κ3) is 4.47. The van der Waals surface area contributed by atoms with E-state index in [-0.39, 0.29) is 11.6 Å². The quantitative estimate of drug-likeness (QED) is 0.767. The highest BCUT2D eigenvalue weighted by atomic mass is 16.7. The van der Waals surface area contributed by atoms with E-state index in [1.807, 2.05) is 13.8 Å². The summed E-state index contributed by atoms with van der Waals surface area (Å²) in [6.45, 7) is 10.1. The lowest BCUT2D eigenvalue weighted by molar-refractivity contribution is -0.253. The van der Waals surface area contributed by atoms with Crippen molar-refractivity contribution in [3.8, 4) is 0 Å². The topological polar surface area (TPSA) is 39.7 Å².